The predicted octanol–water partition coefficient (Wildman–Crippen LogP) is 4.70. The molecule has 2 heterocycles. The van der Waals surface area contributed by atoms with Crippen LogP contribution in [0.3, 0.4) is 0 Å². The highest BCUT2D eigenvalue weighted by Crippen LogP contribution is 2.34. The van der Waals surface area contributed by atoms with Crippen molar-refractivity contribution in [1.82, 2.24) is 20.4 Å². The molecule has 0 aliphatic heterocycles. The van der Waals surface area contributed by atoms with Gasteiger partial charge in [-0.2, -0.15) is 0 Å². The second-order valence-electron chi connectivity index (χ2n) is 7.76. The third-order valence-corrected chi connectivity index (χ3v) is 6.36. The molecule has 0 atom stereocenters. The normalized spacial score (nSPS) is 14.8. The number of carbonyl (C=O) groups is 1. The van der Waals surface area contributed by atoms with Crippen molar-refractivity contribution in [2.24, 2.45) is 5.92 Å². The van der Waals surface area contributed by atoms with Crippen LogP contribution < -0.4 is 10.6 Å². The maximum atomic E-state index is 13.3. The van der Waals surface area contributed by atoms with Crippen LogP contribution in [0.2, 0.25) is 0 Å². The highest BCUT2D eigenvalue weighted by molar-refractivity contribution is 7.14. The molecule has 3 aromatic rings. The zero-order chi connectivity index (χ0) is 21.8. The molecule has 0 radical (unpaired) electrons. The fraction of sp³-hybridized carbons (Fsp3) is 0.476. The highest BCUT2D eigenvalue weighted by atomic mass is 32.1. The molecule has 0 spiro atoms. The van der Waals surface area contributed by atoms with Gasteiger partial charge < -0.3 is 10.6 Å². The van der Waals surface area contributed by atoms with E-state index in [9.17, 15) is 13.6 Å². The van der Waals surface area contributed by atoms with Crippen molar-refractivity contribution in [3.63, 3.8) is 0 Å². The maximum absolute atomic E-state index is 13.3. The number of benzene rings is 1. The number of aryl methyl sites for hydroxylation is 1. The van der Waals surface area contributed by atoms with Gasteiger partial charge in [-0.25, -0.2) is 8.78 Å². The Bertz CT molecular complexity index is 1070. The fourth-order valence-electron chi connectivity index (χ4n) is 3.79. The van der Waals surface area contributed by atoms with Crippen molar-refractivity contribution in [2.75, 3.05) is 24.0 Å². The number of hydrogen-bond donors (Lipinski definition) is 2. The van der Waals surface area contributed by atoms with Gasteiger partial charge in [0, 0.05) is 16.9 Å². The summed E-state index contributed by atoms with van der Waals surface area (Å²) in [5.74, 6) is -0.0436. The first-order valence-corrected chi connectivity index (χ1v) is 11.2. The van der Waals surface area contributed by atoms with Gasteiger partial charge >= 0.3 is 0 Å². The summed E-state index contributed by atoms with van der Waals surface area (Å²) >= 11 is 1.44. The first kappa shape index (κ1) is 21.5. The summed E-state index contributed by atoms with van der Waals surface area (Å²) in [4.78, 5) is 12.8. The zero-order valence-corrected chi connectivity index (χ0v) is 18.0. The van der Waals surface area contributed by atoms with Crippen LogP contribution in [0.25, 0.3) is 21.5 Å². The van der Waals surface area contributed by atoms with E-state index in [1.807, 2.05) is 19.1 Å². The summed E-state index contributed by atoms with van der Waals surface area (Å²) < 4.78 is 26.7. The van der Waals surface area contributed by atoms with E-state index >= 15 is 0 Å². The minimum atomic E-state index is -1.05. The molecule has 7 nitrogen and oxygen atoms in total. The molecule has 1 aliphatic rings. The minimum absolute atomic E-state index is 0.0899. The standard InChI is InChI=1S/C21H24F2N6OS/c1-12-26-29-21(31-12)14-7-8-17-16(9-14)18(24-15(10-22)11-23)19(28-27-17)25-20(30)13-5-3-2-4-6-13/h7-9,13,15H,2-6,10-11H2,1H3,(H,24,27)(H,25,28,30). The van der Waals surface area contributed by atoms with Crippen LogP contribution in [-0.4, -0.2) is 45.7 Å². The van der Waals surface area contributed by atoms with Crippen molar-refractivity contribution in [3.8, 4) is 10.6 Å². The van der Waals surface area contributed by atoms with E-state index in [1.165, 1.54) is 11.3 Å². The third-order valence-electron chi connectivity index (χ3n) is 5.47. The topological polar surface area (TPSA) is 92.7 Å². The maximum Gasteiger partial charge on any atom is 0.228 e. The first-order chi connectivity index (χ1) is 15.1. The molecule has 4 rings (SSSR count). The van der Waals surface area contributed by atoms with E-state index < -0.39 is 19.4 Å². The lowest BCUT2D eigenvalue weighted by atomic mass is 9.88. The van der Waals surface area contributed by atoms with Crippen LogP contribution in [-0.2, 0) is 4.79 Å². The third kappa shape index (κ3) is 4.79. The number of anilines is 2. The molecule has 1 amide bonds. The summed E-state index contributed by atoms with van der Waals surface area (Å²) in [6.07, 6.45) is 4.82. The Balaban J connectivity index is 1.75. The number of nitrogens with one attached hydrogen (secondary N) is 2. The van der Waals surface area contributed by atoms with E-state index in [1.54, 1.807) is 6.07 Å². The van der Waals surface area contributed by atoms with Crippen LogP contribution in [0.5, 0.6) is 0 Å². The lowest BCUT2D eigenvalue weighted by Crippen LogP contribution is -2.28. The van der Waals surface area contributed by atoms with E-state index in [-0.39, 0.29) is 17.6 Å². The molecule has 0 unspecified atom stereocenters. The molecule has 1 saturated carbocycles. The van der Waals surface area contributed by atoms with Crippen LogP contribution >= 0.6 is 11.3 Å². The summed E-state index contributed by atoms with van der Waals surface area (Å²) in [6, 6.07) is 4.40. The van der Waals surface area contributed by atoms with E-state index in [4.69, 9.17) is 0 Å². The Hall–Kier alpha value is -2.75. The van der Waals surface area contributed by atoms with Gasteiger partial charge in [-0.15, -0.1) is 20.4 Å². The average molecular weight is 447 g/mol. The van der Waals surface area contributed by atoms with Crippen LogP contribution in [0.4, 0.5) is 20.3 Å². The fourth-order valence-corrected chi connectivity index (χ4v) is 4.48. The van der Waals surface area contributed by atoms with Crippen molar-refractivity contribution in [1.29, 1.82) is 0 Å². The zero-order valence-electron chi connectivity index (χ0n) is 17.2. The SMILES string of the molecule is Cc1nnc(-c2ccc3nnc(NC(=O)C4CCCCC4)c(NC(CF)CF)c3c2)s1. The summed E-state index contributed by atoms with van der Waals surface area (Å²) in [5.41, 5.74) is 1.70. The molecule has 0 saturated heterocycles. The Labute approximate surface area is 182 Å². The Morgan fingerprint density at radius 3 is 2.58 bits per heavy atom. The predicted molar refractivity (Wildman–Crippen MR) is 118 cm³/mol. The lowest BCUT2D eigenvalue weighted by Gasteiger charge is -2.22. The van der Waals surface area contributed by atoms with Gasteiger partial charge in [0.2, 0.25) is 5.91 Å². The lowest BCUT2D eigenvalue weighted by molar-refractivity contribution is -0.120. The quantitative estimate of drug-likeness (QED) is 0.547. The summed E-state index contributed by atoms with van der Waals surface area (Å²) in [6.45, 7) is 0.0733. The molecular weight excluding hydrogens is 422 g/mol. The molecule has 31 heavy (non-hydrogen) atoms. The minimum Gasteiger partial charge on any atom is -0.373 e. The monoisotopic (exact) mass is 446 g/mol. The second kappa shape index (κ2) is 9.59. The first-order valence-electron chi connectivity index (χ1n) is 10.4. The van der Waals surface area contributed by atoms with Crippen molar-refractivity contribution < 1.29 is 13.6 Å². The molecule has 164 valence electrons. The van der Waals surface area contributed by atoms with E-state index in [0.717, 1.165) is 47.7 Å². The summed E-state index contributed by atoms with van der Waals surface area (Å²) in [7, 11) is 0. The van der Waals surface area contributed by atoms with Crippen molar-refractivity contribution in [2.45, 2.75) is 45.1 Å². The van der Waals surface area contributed by atoms with Gasteiger partial charge in [-0.3, -0.25) is 4.79 Å². The number of nitrogens with zero attached hydrogens (tertiary/aromatic N) is 4. The number of carbonyl (C=O) groups excluding carboxylic acids is 1. The number of alkyl halides is 2. The van der Waals surface area contributed by atoms with Gasteiger partial charge in [0.05, 0.1) is 17.2 Å². The number of hydrogen-bond acceptors (Lipinski definition) is 7. The Kier molecular flexibility index (Phi) is 6.64. The van der Waals surface area contributed by atoms with Gasteiger partial charge in [-0.05, 0) is 38.0 Å². The van der Waals surface area contributed by atoms with Gasteiger partial charge in [0.1, 0.15) is 23.4 Å². The summed E-state index contributed by atoms with van der Waals surface area (Å²) in [5, 5.41) is 24.5. The molecule has 1 fully saturated rings. The Morgan fingerprint density at radius 2 is 1.90 bits per heavy atom. The van der Waals surface area contributed by atoms with Crippen molar-refractivity contribution >= 4 is 39.7 Å². The van der Waals surface area contributed by atoms with Crippen LogP contribution in [0.15, 0.2) is 18.2 Å². The second-order valence-corrected chi connectivity index (χ2v) is 8.94. The molecule has 1 aromatic carbocycles. The van der Waals surface area contributed by atoms with Crippen molar-refractivity contribution in [3.05, 3.63) is 23.2 Å². The van der Waals surface area contributed by atoms with E-state index in [0.29, 0.717) is 16.6 Å². The Morgan fingerprint density at radius 1 is 1.13 bits per heavy atom. The highest BCUT2D eigenvalue weighted by Gasteiger charge is 2.24. The van der Waals surface area contributed by atoms with E-state index in [2.05, 4.69) is 31.0 Å². The van der Waals surface area contributed by atoms with Gasteiger partial charge in [-0.1, -0.05) is 30.6 Å². The van der Waals surface area contributed by atoms with Gasteiger partial charge in [0.25, 0.3) is 0 Å². The number of rotatable bonds is 7. The molecule has 10 heteroatoms. The smallest absolute Gasteiger partial charge is 0.228 e. The molecule has 2 aromatic heterocycles. The molecular formula is C21H24F2N6OS. The average Bonchev–Trinajstić information content (AvgIpc) is 3.24. The number of fused-ring (bicyclic) bond motifs is 1. The molecule has 2 N–H and O–H groups in total. The van der Waals surface area contributed by atoms with Gasteiger partial charge in [0.15, 0.2) is 5.82 Å². The number of amides is 1. The van der Waals surface area contributed by atoms with Crippen LogP contribution in [0, 0.1) is 12.8 Å². The van der Waals surface area contributed by atoms with Crippen LogP contribution in [0.1, 0.15) is 37.1 Å². The molecule has 1 aliphatic carbocycles. The number of halogens is 2. The molecule has 0 bridgehead atoms. The largest absolute Gasteiger partial charge is 0.373 e. The number of aromatic nitrogens is 4.